The average molecular weight is 482 g/mol. The molecule has 31 heavy (non-hydrogen) atoms. The molecule has 0 radical (unpaired) electrons. The van der Waals surface area contributed by atoms with Crippen molar-refractivity contribution in [2.45, 2.75) is 82.8 Å². The molecule has 1 aromatic heterocycles. The van der Waals surface area contributed by atoms with Crippen LogP contribution in [0.5, 0.6) is 0 Å². The van der Waals surface area contributed by atoms with E-state index in [9.17, 15) is 8.42 Å². The molecule has 8 heteroatoms. The molecule has 1 fully saturated rings. The Balaban J connectivity index is 2.24. The predicted octanol–water partition coefficient (Wildman–Crippen LogP) is 3.81. The second kappa shape index (κ2) is 9.45. The van der Waals surface area contributed by atoms with Gasteiger partial charge in [-0.3, -0.25) is 0 Å². The third kappa shape index (κ3) is 5.31. The first-order valence-electron chi connectivity index (χ1n) is 10.8. The summed E-state index contributed by atoms with van der Waals surface area (Å²) in [5.41, 5.74) is 6.28. The lowest BCUT2D eigenvalue weighted by atomic mass is 9.75. The number of aryl methyl sites for hydroxylation is 1. The van der Waals surface area contributed by atoms with Gasteiger partial charge in [0, 0.05) is 22.8 Å². The number of thiophene rings is 1. The van der Waals surface area contributed by atoms with E-state index in [4.69, 9.17) is 14.3 Å². The van der Waals surface area contributed by atoms with Gasteiger partial charge in [-0.15, -0.1) is 11.3 Å². The molecule has 0 aliphatic carbocycles. The number of hydrogen-bond acceptors (Lipinski definition) is 5. The highest BCUT2D eigenvalue weighted by atomic mass is 32.2. The minimum Gasteiger partial charge on any atom is -0.424 e. The first-order valence-corrected chi connectivity index (χ1v) is 14.0. The van der Waals surface area contributed by atoms with Crippen molar-refractivity contribution in [3.8, 4) is 0 Å². The Morgan fingerprint density at radius 2 is 2.00 bits per heavy atom. The fourth-order valence-electron chi connectivity index (χ4n) is 5.04. The molecule has 2 N–H and O–H groups in total. The van der Waals surface area contributed by atoms with Gasteiger partial charge in [-0.2, -0.15) is 0 Å². The van der Waals surface area contributed by atoms with Crippen molar-refractivity contribution in [1.29, 1.82) is 0 Å². The molecule has 0 amide bonds. The standard InChI is InChI=1S/C23H35NO4S2Si/c1-14-10-17(18(12-28-31)15(2)22(14)23(3,4)5)21(19-8-6-7-9-27-19)20-11-16(13-29-20)30(24,25)26/h10-11,13,19,21H,6-9,12H2,1-5,31H3,(H2,24,25,26). The third-order valence-corrected chi connectivity index (χ3v) is 8.48. The van der Waals surface area contributed by atoms with Crippen molar-refractivity contribution in [2.24, 2.45) is 5.14 Å². The largest absolute Gasteiger partial charge is 0.424 e. The summed E-state index contributed by atoms with van der Waals surface area (Å²) in [7, 11) is -3.09. The normalized spacial score (nSPS) is 19.0. The van der Waals surface area contributed by atoms with Gasteiger partial charge < -0.3 is 9.16 Å². The van der Waals surface area contributed by atoms with Crippen LogP contribution in [0.4, 0.5) is 0 Å². The highest BCUT2D eigenvalue weighted by Gasteiger charge is 2.33. The van der Waals surface area contributed by atoms with Crippen LogP contribution in [0.1, 0.15) is 78.6 Å². The number of hydrogen-bond donors (Lipinski definition) is 1. The van der Waals surface area contributed by atoms with E-state index in [0.717, 1.165) is 30.7 Å². The molecule has 5 nitrogen and oxygen atoms in total. The van der Waals surface area contributed by atoms with Crippen molar-refractivity contribution < 1.29 is 17.6 Å². The molecule has 0 spiro atoms. The summed E-state index contributed by atoms with van der Waals surface area (Å²) in [6.45, 7) is 12.4. The van der Waals surface area contributed by atoms with E-state index in [2.05, 4.69) is 40.7 Å². The van der Waals surface area contributed by atoms with Crippen LogP contribution >= 0.6 is 11.3 Å². The summed E-state index contributed by atoms with van der Waals surface area (Å²) in [5.74, 6) is -0.0426. The maximum absolute atomic E-state index is 12.0. The highest BCUT2D eigenvalue weighted by Crippen LogP contribution is 2.43. The number of sulfonamides is 1. The van der Waals surface area contributed by atoms with Crippen LogP contribution in [0.15, 0.2) is 22.4 Å². The first-order chi connectivity index (χ1) is 14.4. The van der Waals surface area contributed by atoms with Gasteiger partial charge in [-0.25, -0.2) is 13.6 Å². The summed E-state index contributed by atoms with van der Waals surface area (Å²) in [6, 6.07) is 4.01. The van der Waals surface area contributed by atoms with E-state index in [1.165, 1.54) is 39.2 Å². The van der Waals surface area contributed by atoms with Crippen LogP contribution in [0.25, 0.3) is 0 Å². The zero-order valence-electron chi connectivity index (χ0n) is 19.4. The van der Waals surface area contributed by atoms with Gasteiger partial charge in [-0.05, 0) is 72.4 Å². The van der Waals surface area contributed by atoms with Crippen molar-refractivity contribution in [2.75, 3.05) is 6.61 Å². The Morgan fingerprint density at radius 3 is 2.52 bits per heavy atom. The Hall–Kier alpha value is -1.03. The molecule has 3 rings (SSSR count). The van der Waals surface area contributed by atoms with Gasteiger partial charge in [-0.1, -0.05) is 26.8 Å². The molecular weight excluding hydrogens is 446 g/mol. The number of benzene rings is 1. The number of primary sulfonamides is 1. The molecule has 2 heterocycles. The first kappa shape index (κ1) is 24.6. The number of ether oxygens (including phenoxy) is 1. The van der Waals surface area contributed by atoms with Crippen molar-refractivity contribution in [1.82, 2.24) is 0 Å². The fourth-order valence-corrected chi connectivity index (χ4v) is 7.31. The molecule has 1 aliphatic rings. The smallest absolute Gasteiger partial charge is 0.238 e. The van der Waals surface area contributed by atoms with Crippen molar-refractivity contribution in [3.63, 3.8) is 0 Å². The summed E-state index contributed by atoms with van der Waals surface area (Å²) in [4.78, 5) is 1.15. The van der Waals surface area contributed by atoms with E-state index in [1.807, 2.05) is 0 Å². The van der Waals surface area contributed by atoms with E-state index in [0.29, 0.717) is 17.1 Å². The van der Waals surface area contributed by atoms with E-state index in [-0.39, 0.29) is 22.3 Å². The van der Waals surface area contributed by atoms with E-state index >= 15 is 0 Å². The Labute approximate surface area is 193 Å². The molecule has 1 aliphatic heterocycles. The highest BCUT2D eigenvalue weighted by molar-refractivity contribution is 7.89. The quantitative estimate of drug-likeness (QED) is 0.637. The molecule has 0 bridgehead atoms. The topological polar surface area (TPSA) is 78.6 Å². The SMILES string of the molecule is Cc1cc(C(c2cc(S(N)(=O)=O)cs2)C2CCCCO2)c(CO[SiH3])c(C)c1C(C)(C)C. The van der Waals surface area contributed by atoms with Crippen LogP contribution in [0.2, 0.25) is 0 Å². The van der Waals surface area contributed by atoms with Crippen LogP contribution in [-0.2, 0) is 31.2 Å². The van der Waals surface area contributed by atoms with Crippen LogP contribution in [-0.4, -0.2) is 31.6 Å². The zero-order chi connectivity index (χ0) is 23.0. The molecule has 2 unspecified atom stereocenters. The molecule has 1 saturated heterocycles. The summed E-state index contributed by atoms with van der Waals surface area (Å²) < 4.78 is 35.9. The Bertz CT molecular complexity index is 1030. The van der Waals surface area contributed by atoms with Gasteiger partial charge in [0.25, 0.3) is 0 Å². The van der Waals surface area contributed by atoms with Gasteiger partial charge in [0.1, 0.15) is 10.5 Å². The Morgan fingerprint density at radius 1 is 1.29 bits per heavy atom. The van der Waals surface area contributed by atoms with Crippen molar-refractivity contribution in [3.05, 3.63) is 50.2 Å². The second-order valence-corrected chi connectivity index (χ2v) is 12.6. The molecule has 2 aromatic rings. The second-order valence-electron chi connectivity index (χ2n) is 9.56. The van der Waals surface area contributed by atoms with Gasteiger partial charge >= 0.3 is 0 Å². The Kier molecular flexibility index (Phi) is 7.50. The van der Waals surface area contributed by atoms with Crippen LogP contribution in [0.3, 0.4) is 0 Å². The average Bonchev–Trinajstić information content (AvgIpc) is 3.15. The lowest BCUT2D eigenvalue weighted by Gasteiger charge is -2.34. The summed E-state index contributed by atoms with van der Waals surface area (Å²) >= 11 is 1.45. The lowest BCUT2D eigenvalue weighted by molar-refractivity contribution is 0.00666. The fraction of sp³-hybridized carbons (Fsp3) is 0.565. The molecule has 0 saturated carbocycles. The third-order valence-electron chi connectivity index (χ3n) is 6.13. The minimum absolute atomic E-state index is 0.00728. The molecule has 1 aromatic carbocycles. The maximum atomic E-state index is 12.0. The monoisotopic (exact) mass is 481 g/mol. The van der Waals surface area contributed by atoms with Gasteiger partial charge in [0.15, 0.2) is 0 Å². The van der Waals surface area contributed by atoms with E-state index < -0.39 is 10.0 Å². The molecule has 172 valence electrons. The molecular formula is C23H35NO4S2Si. The van der Waals surface area contributed by atoms with Crippen LogP contribution < -0.4 is 5.14 Å². The van der Waals surface area contributed by atoms with E-state index in [1.54, 1.807) is 11.4 Å². The maximum Gasteiger partial charge on any atom is 0.238 e. The van der Waals surface area contributed by atoms with Gasteiger partial charge in [0.2, 0.25) is 10.0 Å². The summed E-state index contributed by atoms with van der Waals surface area (Å²) in [5, 5.41) is 7.06. The van der Waals surface area contributed by atoms with Gasteiger partial charge in [0.05, 0.1) is 17.6 Å². The number of rotatable bonds is 6. The summed E-state index contributed by atoms with van der Waals surface area (Å²) in [6.07, 6.45) is 3.13. The lowest BCUT2D eigenvalue weighted by Crippen LogP contribution is -2.29. The zero-order valence-corrected chi connectivity index (χ0v) is 23.1. The molecule has 2 atom stereocenters. The van der Waals surface area contributed by atoms with Crippen molar-refractivity contribution >= 4 is 31.8 Å². The minimum atomic E-state index is -3.74. The van der Waals surface area contributed by atoms with Crippen LogP contribution in [0, 0.1) is 13.8 Å². The number of nitrogens with two attached hydrogens (primary N) is 1. The predicted molar refractivity (Wildman–Crippen MR) is 130 cm³/mol.